The highest BCUT2D eigenvalue weighted by Gasteiger charge is 2.25. The van der Waals surface area contributed by atoms with Crippen molar-refractivity contribution in [2.75, 3.05) is 47.5 Å². The SMILES string of the molecule is CCCCCCC/C=C\C/C=C\C/C=C\CCCCCCCCC(=O)OC(COC(=O)CCCCCCCCCCCCCCCCCCCCCCCCC/C=C\CCCCCCCCCC)COC(OCC[N+](C)(C)C)C(=O)O. The van der Waals surface area contributed by atoms with Gasteiger partial charge >= 0.3 is 17.9 Å². The maximum atomic E-state index is 12.9. The van der Waals surface area contributed by atoms with Crippen LogP contribution in [0.2, 0.25) is 0 Å². The summed E-state index contributed by atoms with van der Waals surface area (Å²) in [4.78, 5) is 37.6. The van der Waals surface area contributed by atoms with Gasteiger partial charge in [0.05, 0.1) is 34.4 Å². The largest absolute Gasteiger partial charge is 0.477 e. The van der Waals surface area contributed by atoms with E-state index in [1.807, 2.05) is 21.1 Å². The molecule has 9 heteroatoms. The van der Waals surface area contributed by atoms with E-state index in [4.69, 9.17) is 18.9 Å². The number of esters is 2. The highest BCUT2D eigenvalue weighted by molar-refractivity contribution is 5.71. The first-order valence-electron chi connectivity index (χ1n) is 34.8. The first-order valence-corrected chi connectivity index (χ1v) is 34.8. The smallest absolute Gasteiger partial charge is 0.361 e. The molecule has 0 amide bonds. The van der Waals surface area contributed by atoms with Crippen LogP contribution in [0.4, 0.5) is 0 Å². The third kappa shape index (κ3) is 64.7. The molecule has 0 saturated carbocycles. The summed E-state index contributed by atoms with van der Waals surface area (Å²) < 4.78 is 23.0. The number of carboxylic acids is 1. The monoisotopic (exact) mass is 1140 g/mol. The fourth-order valence-corrected chi connectivity index (χ4v) is 10.2. The van der Waals surface area contributed by atoms with Crippen molar-refractivity contribution in [3.8, 4) is 0 Å². The van der Waals surface area contributed by atoms with Crippen LogP contribution in [-0.2, 0) is 33.3 Å². The van der Waals surface area contributed by atoms with Crippen LogP contribution in [0.1, 0.15) is 335 Å². The van der Waals surface area contributed by atoms with Crippen molar-refractivity contribution in [2.24, 2.45) is 0 Å². The molecular formula is C72H134NO8+. The van der Waals surface area contributed by atoms with E-state index in [9.17, 15) is 19.5 Å². The van der Waals surface area contributed by atoms with Gasteiger partial charge in [-0.3, -0.25) is 9.59 Å². The lowest BCUT2D eigenvalue weighted by Gasteiger charge is -2.25. The van der Waals surface area contributed by atoms with Crippen molar-refractivity contribution in [1.82, 2.24) is 0 Å². The second-order valence-electron chi connectivity index (χ2n) is 24.8. The Hall–Kier alpha value is -2.75. The lowest BCUT2D eigenvalue weighted by molar-refractivity contribution is -0.870. The van der Waals surface area contributed by atoms with E-state index >= 15 is 0 Å². The van der Waals surface area contributed by atoms with E-state index in [-0.39, 0.29) is 32.2 Å². The minimum Gasteiger partial charge on any atom is -0.477 e. The van der Waals surface area contributed by atoms with Crippen LogP contribution in [0.15, 0.2) is 48.6 Å². The molecule has 2 atom stereocenters. The average Bonchev–Trinajstić information content (AvgIpc) is 3.44. The van der Waals surface area contributed by atoms with Crippen molar-refractivity contribution < 1.29 is 42.9 Å². The van der Waals surface area contributed by atoms with Gasteiger partial charge in [0.15, 0.2) is 6.10 Å². The number of quaternary nitrogens is 1. The van der Waals surface area contributed by atoms with E-state index in [0.717, 1.165) is 57.8 Å². The van der Waals surface area contributed by atoms with E-state index in [1.54, 1.807) is 0 Å². The normalized spacial score (nSPS) is 13.0. The summed E-state index contributed by atoms with van der Waals surface area (Å²) >= 11 is 0. The van der Waals surface area contributed by atoms with Gasteiger partial charge in [0.1, 0.15) is 13.2 Å². The standard InChI is InChI=1S/C72H133NO8/c1-6-8-10-12-14-16-18-20-22-24-26-28-29-30-31-32-33-34-35-36-37-38-39-40-41-43-44-46-48-50-52-54-56-58-60-62-69(74)79-66-68(67-80-72(71(76)77)78-65-64-73(3,4)5)81-70(75)63-61-59-57-55-53-51-49-47-45-42-27-25-23-21-19-17-15-13-11-9-7-2/h19,21,24-27,45,47,68,72H,6-18,20,22-23,28-44,46,48-67H2,1-5H3/p+1/b21-19-,26-24-,27-25-,47-45-. The Labute approximate surface area is 502 Å². The van der Waals surface area contributed by atoms with Crippen molar-refractivity contribution in [3.05, 3.63) is 48.6 Å². The van der Waals surface area contributed by atoms with Crippen LogP contribution in [0.25, 0.3) is 0 Å². The number of carboxylic acid groups (broad SMARTS) is 1. The van der Waals surface area contributed by atoms with Crippen LogP contribution >= 0.6 is 0 Å². The average molecular weight is 1140 g/mol. The zero-order valence-corrected chi connectivity index (χ0v) is 54.2. The lowest BCUT2D eigenvalue weighted by Crippen LogP contribution is -2.40. The van der Waals surface area contributed by atoms with Gasteiger partial charge in [0.2, 0.25) is 0 Å². The molecule has 81 heavy (non-hydrogen) atoms. The van der Waals surface area contributed by atoms with Gasteiger partial charge < -0.3 is 28.5 Å². The van der Waals surface area contributed by atoms with Crippen LogP contribution in [0, 0.1) is 0 Å². The van der Waals surface area contributed by atoms with Crippen LogP contribution in [0.5, 0.6) is 0 Å². The number of aliphatic carboxylic acids is 1. The molecule has 0 fully saturated rings. The zero-order valence-electron chi connectivity index (χ0n) is 54.2. The Kier molecular flexibility index (Phi) is 61.1. The Balaban J connectivity index is 4.04. The van der Waals surface area contributed by atoms with Crippen molar-refractivity contribution in [3.63, 3.8) is 0 Å². The minimum atomic E-state index is -1.51. The van der Waals surface area contributed by atoms with Gasteiger partial charge in [-0.05, 0) is 77.0 Å². The quantitative estimate of drug-likeness (QED) is 0.0211. The number of hydrogen-bond donors (Lipinski definition) is 1. The van der Waals surface area contributed by atoms with E-state index in [1.165, 1.54) is 244 Å². The number of likely N-dealkylation sites (N-methyl/N-ethyl adjacent to an activating group) is 1. The molecule has 9 nitrogen and oxygen atoms in total. The highest BCUT2D eigenvalue weighted by Crippen LogP contribution is 2.18. The van der Waals surface area contributed by atoms with Gasteiger partial charge in [-0.15, -0.1) is 0 Å². The predicted molar refractivity (Wildman–Crippen MR) is 346 cm³/mol. The Morgan fingerprint density at radius 3 is 1.00 bits per heavy atom. The first kappa shape index (κ1) is 78.2. The molecule has 0 aromatic rings. The lowest BCUT2D eigenvalue weighted by atomic mass is 10.0. The van der Waals surface area contributed by atoms with Gasteiger partial charge in [-0.25, -0.2) is 4.79 Å². The second-order valence-corrected chi connectivity index (χ2v) is 24.8. The second kappa shape index (κ2) is 63.3. The van der Waals surface area contributed by atoms with Crippen LogP contribution < -0.4 is 0 Å². The van der Waals surface area contributed by atoms with Crippen molar-refractivity contribution in [2.45, 2.75) is 347 Å². The molecule has 0 aliphatic carbocycles. The molecule has 0 rings (SSSR count). The van der Waals surface area contributed by atoms with Gasteiger partial charge in [0.25, 0.3) is 6.29 Å². The molecule has 0 aromatic heterocycles. The molecule has 0 aromatic carbocycles. The van der Waals surface area contributed by atoms with Crippen molar-refractivity contribution >= 4 is 17.9 Å². The number of allylic oxidation sites excluding steroid dienone is 8. The molecule has 0 heterocycles. The van der Waals surface area contributed by atoms with E-state index < -0.39 is 24.3 Å². The Morgan fingerprint density at radius 1 is 0.370 bits per heavy atom. The van der Waals surface area contributed by atoms with Gasteiger partial charge in [-0.2, -0.15) is 0 Å². The van der Waals surface area contributed by atoms with Crippen molar-refractivity contribution in [1.29, 1.82) is 0 Å². The predicted octanol–water partition coefficient (Wildman–Crippen LogP) is 21.4. The summed E-state index contributed by atoms with van der Waals surface area (Å²) in [7, 11) is 5.98. The summed E-state index contributed by atoms with van der Waals surface area (Å²) in [5.41, 5.74) is 0. The maximum absolute atomic E-state index is 12.9. The topological polar surface area (TPSA) is 108 Å². The first-order chi connectivity index (χ1) is 39.6. The number of unbranched alkanes of at least 4 members (excludes halogenated alkanes) is 42. The zero-order chi connectivity index (χ0) is 59.1. The molecule has 0 aliphatic heterocycles. The van der Waals surface area contributed by atoms with E-state index in [0.29, 0.717) is 23.9 Å². The van der Waals surface area contributed by atoms with Crippen LogP contribution in [-0.4, -0.2) is 87.4 Å². The van der Waals surface area contributed by atoms with Gasteiger partial charge in [0, 0.05) is 12.8 Å². The number of carbonyl (C=O) groups is 3. The molecule has 474 valence electrons. The third-order valence-corrected chi connectivity index (χ3v) is 15.6. The molecular weight excluding hydrogens is 1010 g/mol. The number of nitrogens with zero attached hydrogens (tertiary/aromatic N) is 1. The summed E-state index contributed by atoms with van der Waals surface area (Å²) in [5, 5.41) is 9.73. The Morgan fingerprint density at radius 2 is 0.667 bits per heavy atom. The molecule has 1 N–H and O–H groups in total. The summed E-state index contributed by atoms with van der Waals surface area (Å²) in [6.45, 7) is 4.90. The minimum absolute atomic E-state index is 0.185. The highest BCUT2D eigenvalue weighted by atomic mass is 16.7. The number of ether oxygens (including phenoxy) is 4. The molecule has 0 radical (unpaired) electrons. The number of carbonyl (C=O) groups excluding carboxylic acids is 2. The summed E-state index contributed by atoms with van der Waals surface area (Å²) in [6, 6.07) is 0. The Bertz CT molecular complexity index is 1470. The summed E-state index contributed by atoms with van der Waals surface area (Å²) in [5.74, 6) is -2.00. The molecule has 0 spiro atoms. The maximum Gasteiger partial charge on any atom is 0.361 e. The van der Waals surface area contributed by atoms with E-state index in [2.05, 4.69) is 62.5 Å². The molecule has 0 bridgehead atoms. The fraction of sp³-hybridized carbons (Fsp3) is 0.847. The molecule has 0 saturated heterocycles. The molecule has 0 aliphatic rings. The van der Waals surface area contributed by atoms with Crippen LogP contribution in [0.3, 0.4) is 0 Å². The number of hydrogen-bond acceptors (Lipinski definition) is 7. The van der Waals surface area contributed by atoms with Gasteiger partial charge in [-0.1, -0.05) is 294 Å². The fourth-order valence-electron chi connectivity index (χ4n) is 10.2. The number of rotatable bonds is 65. The molecule has 2 unspecified atom stereocenters. The third-order valence-electron chi connectivity index (χ3n) is 15.6. The summed E-state index contributed by atoms with van der Waals surface area (Å²) in [6.07, 6.45) is 78.1.